The van der Waals surface area contributed by atoms with Crippen molar-refractivity contribution in [1.82, 2.24) is 4.90 Å². The number of nitrogens with two attached hydrogens (primary N) is 1. The molecule has 1 aliphatic heterocycles. The summed E-state index contributed by atoms with van der Waals surface area (Å²) in [5.41, 5.74) is 4.76. The van der Waals surface area contributed by atoms with Crippen LogP contribution < -0.4 is 5.73 Å². The van der Waals surface area contributed by atoms with Gasteiger partial charge in [0.25, 0.3) is 0 Å². The third-order valence-corrected chi connectivity index (χ3v) is 4.44. The molecule has 2 unspecified atom stereocenters. The lowest BCUT2D eigenvalue weighted by atomic mass is 9.86. The van der Waals surface area contributed by atoms with Gasteiger partial charge in [0.15, 0.2) is 0 Å². The summed E-state index contributed by atoms with van der Waals surface area (Å²) in [6.45, 7) is 0. The predicted octanol–water partition coefficient (Wildman–Crippen LogP) is 1.70. The van der Waals surface area contributed by atoms with E-state index in [-0.39, 0.29) is 0 Å². The normalized spacial score (nSPS) is 31.5. The molecule has 1 aliphatic carbocycles. The maximum atomic E-state index is 13.0. The molecule has 2 atom stereocenters. The minimum Gasteiger partial charge on any atom is -0.399 e. The lowest BCUT2D eigenvalue weighted by Gasteiger charge is -2.25. The molecule has 0 aromatic heterocycles. The first-order valence-corrected chi connectivity index (χ1v) is 6.42. The van der Waals surface area contributed by atoms with Gasteiger partial charge in [-0.3, -0.25) is 14.5 Å². The van der Waals surface area contributed by atoms with E-state index in [1.807, 2.05) is 0 Å². The average molecular weight is 298 g/mol. The van der Waals surface area contributed by atoms with E-state index in [1.54, 1.807) is 6.07 Å². The van der Waals surface area contributed by atoms with Crippen LogP contribution in [-0.4, -0.2) is 29.9 Å². The van der Waals surface area contributed by atoms with E-state index in [1.165, 1.54) is 25.2 Å². The molecule has 4 nitrogen and oxygen atoms in total. The number of carbonyl (C=O) groups is 2. The summed E-state index contributed by atoms with van der Waals surface area (Å²) in [5, 5.41) is 0. The fraction of sp³-hybridized carbons (Fsp3) is 0.429. The molecule has 1 heterocycles. The van der Waals surface area contributed by atoms with Gasteiger partial charge in [-0.25, -0.2) is 0 Å². The highest BCUT2D eigenvalue weighted by Crippen LogP contribution is 2.68. The Hall–Kier alpha value is -2.05. The standard InChI is InChI=1S/C14H13F3N2O2/c1-19-11(20)9-10(12(19)21)13(9,6-14(15,16)17)7-3-2-4-8(18)5-7/h2-5,9-10H,6,18H2,1H3. The van der Waals surface area contributed by atoms with Gasteiger partial charge in [-0.15, -0.1) is 0 Å². The number of hydrogen-bond donors (Lipinski definition) is 1. The number of carbonyl (C=O) groups excluding carboxylic acids is 2. The topological polar surface area (TPSA) is 63.4 Å². The number of nitrogen functional groups attached to an aromatic ring is 1. The Morgan fingerprint density at radius 1 is 1.24 bits per heavy atom. The zero-order valence-electron chi connectivity index (χ0n) is 11.1. The summed E-state index contributed by atoms with van der Waals surface area (Å²) in [6, 6.07) is 6.01. The number of benzene rings is 1. The van der Waals surface area contributed by atoms with Crippen LogP contribution in [0, 0.1) is 11.8 Å². The number of likely N-dealkylation sites (tertiary alicyclic amines) is 1. The Kier molecular flexibility index (Phi) is 2.64. The Labute approximate surface area is 118 Å². The smallest absolute Gasteiger partial charge is 0.390 e. The number of amides is 2. The number of fused-ring (bicyclic) bond motifs is 1. The van der Waals surface area contributed by atoms with Crippen molar-refractivity contribution in [3.63, 3.8) is 0 Å². The molecule has 2 aliphatic rings. The van der Waals surface area contributed by atoms with E-state index in [0.717, 1.165) is 4.90 Å². The second kappa shape index (κ2) is 3.99. The van der Waals surface area contributed by atoms with Crippen LogP contribution in [0.5, 0.6) is 0 Å². The van der Waals surface area contributed by atoms with Gasteiger partial charge in [0, 0.05) is 18.2 Å². The highest BCUT2D eigenvalue weighted by molar-refractivity contribution is 6.11. The Morgan fingerprint density at radius 2 is 1.81 bits per heavy atom. The molecule has 21 heavy (non-hydrogen) atoms. The number of anilines is 1. The van der Waals surface area contributed by atoms with E-state index < -0.39 is 41.7 Å². The van der Waals surface area contributed by atoms with E-state index in [9.17, 15) is 22.8 Å². The molecular weight excluding hydrogens is 285 g/mol. The minimum atomic E-state index is -4.46. The van der Waals surface area contributed by atoms with Gasteiger partial charge in [-0.2, -0.15) is 13.2 Å². The summed E-state index contributed by atoms with van der Waals surface area (Å²) in [4.78, 5) is 25.0. The van der Waals surface area contributed by atoms with Crippen molar-refractivity contribution in [3.05, 3.63) is 29.8 Å². The van der Waals surface area contributed by atoms with E-state index in [0.29, 0.717) is 11.3 Å². The highest BCUT2D eigenvalue weighted by atomic mass is 19.4. The van der Waals surface area contributed by atoms with Crippen LogP contribution in [0.4, 0.5) is 18.9 Å². The quantitative estimate of drug-likeness (QED) is 0.668. The van der Waals surface area contributed by atoms with Crippen molar-refractivity contribution >= 4 is 17.5 Å². The Bertz CT molecular complexity index is 619. The van der Waals surface area contributed by atoms with E-state index in [2.05, 4.69) is 0 Å². The first-order chi connectivity index (χ1) is 9.68. The van der Waals surface area contributed by atoms with Crippen LogP contribution in [0.3, 0.4) is 0 Å². The van der Waals surface area contributed by atoms with Crippen LogP contribution >= 0.6 is 0 Å². The molecule has 0 radical (unpaired) electrons. The highest BCUT2D eigenvalue weighted by Gasteiger charge is 2.79. The lowest BCUT2D eigenvalue weighted by Crippen LogP contribution is -2.38. The van der Waals surface area contributed by atoms with Crippen molar-refractivity contribution in [2.75, 3.05) is 12.8 Å². The first-order valence-electron chi connectivity index (χ1n) is 6.42. The fourth-order valence-corrected chi connectivity index (χ4v) is 3.53. The number of piperidine rings is 1. The number of alkyl halides is 3. The summed E-state index contributed by atoms with van der Waals surface area (Å²) in [6.07, 6.45) is -5.65. The van der Waals surface area contributed by atoms with Crippen LogP contribution in [-0.2, 0) is 15.0 Å². The van der Waals surface area contributed by atoms with Crippen molar-refractivity contribution in [3.8, 4) is 0 Å². The van der Waals surface area contributed by atoms with Crippen LogP contribution in [0.1, 0.15) is 12.0 Å². The Morgan fingerprint density at radius 3 is 2.29 bits per heavy atom. The predicted molar refractivity (Wildman–Crippen MR) is 68.0 cm³/mol. The van der Waals surface area contributed by atoms with Gasteiger partial charge in [0.1, 0.15) is 0 Å². The number of halogens is 3. The molecule has 7 heteroatoms. The van der Waals surface area contributed by atoms with E-state index >= 15 is 0 Å². The molecule has 0 bridgehead atoms. The van der Waals surface area contributed by atoms with Gasteiger partial charge in [-0.1, -0.05) is 12.1 Å². The summed E-state index contributed by atoms with van der Waals surface area (Å²) in [7, 11) is 1.30. The maximum absolute atomic E-state index is 13.0. The van der Waals surface area contributed by atoms with Crippen LogP contribution in [0.2, 0.25) is 0 Å². The molecule has 2 amide bonds. The molecule has 112 valence electrons. The van der Waals surface area contributed by atoms with Crippen molar-refractivity contribution < 1.29 is 22.8 Å². The minimum absolute atomic E-state index is 0.310. The second-order valence-corrected chi connectivity index (χ2v) is 5.65. The third-order valence-electron chi connectivity index (χ3n) is 4.44. The van der Waals surface area contributed by atoms with Gasteiger partial charge < -0.3 is 5.73 Å². The zero-order valence-corrected chi connectivity index (χ0v) is 11.1. The molecule has 1 saturated heterocycles. The molecule has 1 aromatic carbocycles. The van der Waals surface area contributed by atoms with Crippen molar-refractivity contribution in [1.29, 1.82) is 0 Å². The average Bonchev–Trinajstić information content (AvgIpc) is 2.96. The molecular formula is C14H13F3N2O2. The largest absolute Gasteiger partial charge is 0.399 e. The third kappa shape index (κ3) is 1.83. The monoisotopic (exact) mass is 298 g/mol. The van der Waals surface area contributed by atoms with Gasteiger partial charge in [0.05, 0.1) is 18.3 Å². The van der Waals surface area contributed by atoms with Crippen molar-refractivity contribution in [2.45, 2.75) is 18.0 Å². The fourth-order valence-electron chi connectivity index (χ4n) is 3.53. The molecule has 1 aromatic rings. The number of rotatable bonds is 2. The molecule has 2 fully saturated rings. The molecule has 0 spiro atoms. The lowest BCUT2D eigenvalue weighted by molar-refractivity contribution is -0.150. The maximum Gasteiger partial charge on any atom is 0.390 e. The van der Waals surface area contributed by atoms with Crippen LogP contribution in [0.25, 0.3) is 0 Å². The molecule has 2 N–H and O–H groups in total. The SMILES string of the molecule is CN1C(=O)C2C(C1=O)C2(CC(F)(F)F)c1cccc(N)c1. The van der Waals surface area contributed by atoms with Crippen molar-refractivity contribution in [2.24, 2.45) is 11.8 Å². The first kappa shape index (κ1) is 13.9. The van der Waals surface area contributed by atoms with Gasteiger partial charge >= 0.3 is 6.18 Å². The summed E-state index contributed by atoms with van der Waals surface area (Å²) >= 11 is 0. The van der Waals surface area contributed by atoms with Gasteiger partial charge in [0.2, 0.25) is 11.8 Å². The molecule has 3 rings (SSSR count). The Balaban J connectivity index is 2.08. The number of imide groups is 1. The zero-order chi connectivity index (χ0) is 15.6. The number of nitrogens with zero attached hydrogens (tertiary/aromatic N) is 1. The van der Waals surface area contributed by atoms with Crippen LogP contribution in [0.15, 0.2) is 24.3 Å². The number of hydrogen-bond acceptors (Lipinski definition) is 3. The van der Waals surface area contributed by atoms with Gasteiger partial charge in [-0.05, 0) is 17.7 Å². The summed E-state index contributed by atoms with van der Waals surface area (Å²) < 4.78 is 38.9. The van der Waals surface area contributed by atoms with E-state index in [4.69, 9.17) is 5.73 Å². The second-order valence-electron chi connectivity index (χ2n) is 5.65. The molecule has 1 saturated carbocycles. The summed E-state index contributed by atoms with van der Waals surface area (Å²) in [5.74, 6) is -2.95.